The summed E-state index contributed by atoms with van der Waals surface area (Å²) in [6.45, 7) is 5.25. The summed E-state index contributed by atoms with van der Waals surface area (Å²) in [7, 11) is -1.37. The van der Waals surface area contributed by atoms with Crippen molar-refractivity contribution >= 4 is 24.9 Å². The molecule has 0 N–H and O–H groups in total. The molecule has 29 heavy (non-hydrogen) atoms. The minimum Gasteiger partial charge on any atom is -0.463 e. The van der Waals surface area contributed by atoms with E-state index in [0.29, 0.717) is 19.6 Å². The van der Waals surface area contributed by atoms with E-state index in [-0.39, 0.29) is 5.97 Å². The van der Waals surface area contributed by atoms with Crippen LogP contribution in [0.5, 0.6) is 0 Å². The van der Waals surface area contributed by atoms with Gasteiger partial charge in [0.1, 0.15) is 12.2 Å². The van der Waals surface area contributed by atoms with E-state index in [1.807, 2.05) is 0 Å². The summed E-state index contributed by atoms with van der Waals surface area (Å²) in [6.07, 6.45) is 20.0. The van der Waals surface area contributed by atoms with Gasteiger partial charge in [0.25, 0.3) is 7.73 Å². The van der Waals surface area contributed by atoms with Gasteiger partial charge in [-0.15, -0.1) is 0 Å². The zero-order chi connectivity index (χ0) is 21.2. The smallest absolute Gasteiger partial charge is 0.305 e. The molecule has 1 fully saturated rings. The Labute approximate surface area is 185 Å². The first-order valence-electron chi connectivity index (χ1n) is 12.1. The molecule has 0 spiro atoms. The van der Waals surface area contributed by atoms with E-state index in [1.54, 1.807) is 0 Å². The normalized spacial score (nSPS) is 22.0. The quantitative estimate of drug-likeness (QED) is 0.119. The molecule has 0 aromatic carbocycles. The molecule has 0 aromatic heterocycles. The maximum absolute atomic E-state index is 12.1. The Balaban J connectivity index is 1.96. The molecule has 6 heteroatoms. The summed E-state index contributed by atoms with van der Waals surface area (Å²) in [6, 6.07) is 0. The van der Waals surface area contributed by atoms with Crippen LogP contribution in [-0.2, 0) is 18.6 Å². The number of carbonyl (C=O) groups excluding carboxylic acids is 1. The molecule has 0 aromatic rings. The van der Waals surface area contributed by atoms with Crippen LogP contribution in [0.25, 0.3) is 0 Å². The molecule has 0 saturated carbocycles. The lowest BCUT2D eigenvalue weighted by molar-refractivity contribution is -0.152. The lowest BCUT2D eigenvalue weighted by atomic mass is 9.95. The molecule has 1 rings (SSSR count). The Bertz CT molecular complexity index is 406. The van der Waals surface area contributed by atoms with Crippen molar-refractivity contribution in [3.05, 3.63) is 0 Å². The number of rotatable bonds is 18. The van der Waals surface area contributed by atoms with Crippen molar-refractivity contribution in [1.82, 2.24) is 0 Å². The van der Waals surface area contributed by atoms with Crippen molar-refractivity contribution in [2.45, 2.75) is 129 Å². The van der Waals surface area contributed by atoms with Gasteiger partial charge in [0, 0.05) is 12.8 Å². The topological polar surface area (TPSA) is 44.8 Å². The van der Waals surface area contributed by atoms with E-state index in [4.69, 9.17) is 25.0 Å². The van der Waals surface area contributed by atoms with Crippen LogP contribution in [0.4, 0.5) is 0 Å². The van der Waals surface area contributed by atoms with Gasteiger partial charge in [0.2, 0.25) is 0 Å². The van der Waals surface area contributed by atoms with E-state index in [0.717, 1.165) is 32.1 Å². The molecule has 2 atom stereocenters. The van der Waals surface area contributed by atoms with E-state index in [1.165, 1.54) is 70.6 Å². The number of hydrogen-bond donors (Lipinski definition) is 0. The van der Waals surface area contributed by atoms with Crippen molar-refractivity contribution in [2.24, 2.45) is 0 Å². The SMILES string of the molecule is CCCCCCCCCCCCCCCC(=O)OCC1(CCC)CCOP(Cl)O1. The van der Waals surface area contributed by atoms with Crippen molar-refractivity contribution in [3.8, 4) is 0 Å². The minimum atomic E-state index is -1.37. The van der Waals surface area contributed by atoms with Crippen LogP contribution in [0.15, 0.2) is 0 Å². The van der Waals surface area contributed by atoms with Gasteiger partial charge in [-0.2, -0.15) is 0 Å². The fraction of sp³-hybridized carbons (Fsp3) is 0.957. The molecule has 0 bridgehead atoms. The van der Waals surface area contributed by atoms with Gasteiger partial charge in [-0.1, -0.05) is 97.3 Å². The maximum atomic E-state index is 12.1. The fourth-order valence-corrected chi connectivity index (χ4v) is 5.37. The van der Waals surface area contributed by atoms with E-state index < -0.39 is 13.3 Å². The second kappa shape index (κ2) is 17.8. The molecule has 1 heterocycles. The number of ether oxygens (including phenoxy) is 1. The number of carbonyl (C=O) groups is 1. The van der Waals surface area contributed by atoms with E-state index >= 15 is 0 Å². The highest BCUT2D eigenvalue weighted by Crippen LogP contribution is 2.53. The second-order valence-corrected chi connectivity index (χ2v) is 10.2. The van der Waals surface area contributed by atoms with Crippen LogP contribution in [0.1, 0.15) is 123 Å². The van der Waals surface area contributed by atoms with Crippen molar-refractivity contribution in [3.63, 3.8) is 0 Å². The van der Waals surface area contributed by atoms with E-state index in [2.05, 4.69) is 13.8 Å². The van der Waals surface area contributed by atoms with Gasteiger partial charge in [-0.3, -0.25) is 4.79 Å². The Hall–Kier alpha value is 0.110. The Kier molecular flexibility index (Phi) is 16.6. The van der Waals surface area contributed by atoms with Gasteiger partial charge in [-0.25, -0.2) is 0 Å². The average molecular weight is 451 g/mol. The molecule has 1 aliphatic rings. The number of unbranched alkanes of at least 4 members (excludes halogenated alkanes) is 12. The van der Waals surface area contributed by atoms with Crippen molar-refractivity contribution in [1.29, 1.82) is 0 Å². The number of esters is 1. The molecule has 0 radical (unpaired) electrons. The second-order valence-electron chi connectivity index (χ2n) is 8.47. The van der Waals surface area contributed by atoms with Gasteiger partial charge in [0.05, 0.1) is 6.61 Å². The van der Waals surface area contributed by atoms with Gasteiger partial charge in [0.15, 0.2) is 0 Å². The molecule has 172 valence electrons. The maximum Gasteiger partial charge on any atom is 0.305 e. The predicted octanol–water partition coefficient (Wildman–Crippen LogP) is 8.45. The largest absolute Gasteiger partial charge is 0.463 e. The zero-order valence-corrected chi connectivity index (χ0v) is 20.5. The predicted molar refractivity (Wildman–Crippen MR) is 123 cm³/mol. The first kappa shape index (κ1) is 27.1. The van der Waals surface area contributed by atoms with Crippen LogP contribution in [-0.4, -0.2) is 24.8 Å². The fourth-order valence-electron chi connectivity index (χ4n) is 3.90. The van der Waals surface area contributed by atoms with Crippen LogP contribution in [0.3, 0.4) is 0 Å². The standard InChI is InChI=1S/C23H44ClO4P/c1-3-5-6-7-8-9-10-11-12-13-14-15-16-17-22(25)26-21-23(18-4-2)19-20-27-29(24)28-23/h3-21H2,1-2H3. The Morgan fingerprint density at radius 2 is 1.45 bits per heavy atom. The molecule has 0 aliphatic carbocycles. The molecular formula is C23H44ClO4P. The van der Waals surface area contributed by atoms with Gasteiger partial charge in [-0.05, 0) is 24.1 Å². The summed E-state index contributed by atoms with van der Waals surface area (Å²) in [4.78, 5) is 12.1. The van der Waals surface area contributed by atoms with Crippen LogP contribution >= 0.6 is 19.0 Å². The lowest BCUT2D eigenvalue weighted by Gasteiger charge is -2.37. The molecule has 1 saturated heterocycles. The summed E-state index contributed by atoms with van der Waals surface area (Å²) in [5, 5.41) is 0. The summed E-state index contributed by atoms with van der Waals surface area (Å²) >= 11 is 6.03. The highest BCUT2D eigenvalue weighted by Gasteiger charge is 2.38. The third-order valence-electron chi connectivity index (χ3n) is 5.70. The van der Waals surface area contributed by atoms with Crippen LogP contribution < -0.4 is 0 Å². The lowest BCUT2D eigenvalue weighted by Crippen LogP contribution is -2.40. The molecule has 1 aliphatic heterocycles. The molecule has 2 unspecified atom stereocenters. The first-order chi connectivity index (χ1) is 14.1. The Morgan fingerprint density at radius 3 is 1.97 bits per heavy atom. The van der Waals surface area contributed by atoms with Crippen molar-refractivity contribution in [2.75, 3.05) is 13.2 Å². The Morgan fingerprint density at radius 1 is 0.897 bits per heavy atom. The third-order valence-corrected chi connectivity index (χ3v) is 7.12. The molecular weight excluding hydrogens is 407 g/mol. The highest BCUT2D eigenvalue weighted by molar-refractivity contribution is 7.76. The first-order valence-corrected chi connectivity index (χ1v) is 14.1. The van der Waals surface area contributed by atoms with Gasteiger partial charge >= 0.3 is 5.97 Å². The zero-order valence-electron chi connectivity index (χ0n) is 18.9. The summed E-state index contributed by atoms with van der Waals surface area (Å²) in [5.41, 5.74) is -0.452. The summed E-state index contributed by atoms with van der Waals surface area (Å²) < 4.78 is 16.6. The van der Waals surface area contributed by atoms with E-state index in [9.17, 15) is 4.79 Å². The van der Waals surface area contributed by atoms with Gasteiger partial charge < -0.3 is 13.8 Å². The highest BCUT2D eigenvalue weighted by atomic mass is 35.7. The number of hydrogen-bond acceptors (Lipinski definition) is 4. The van der Waals surface area contributed by atoms with Crippen LogP contribution in [0, 0.1) is 0 Å². The molecule has 0 amide bonds. The van der Waals surface area contributed by atoms with Crippen molar-refractivity contribution < 1.29 is 18.6 Å². The molecule has 4 nitrogen and oxygen atoms in total. The van der Waals surface area contributed by atoms with Crippen LogP contribution in [0.2, 0.25) is 0 Å². The third kappa shape index (κ3) is 13.9. The average Bonchev–Trinajstić information content (AvgIpc) is 2.70. The summed E-state index contributed by atoms with van der Waals surface area (Å²) in [5.74, 6) is -0.113. The minimum absolute atomic E-state index is 0.113. The monoisotopic (exact) mass is 450 g/mol. The number of halogens is 1.